The van der Waals surface area contributed by atoms with E-state index in [1.807, 2.05) is 0 Å². The topological polar surface area (TPSA) is 32.3 Å². The van der Waals surface area contributed by atoms with Crippen LogP contribution in [-0.2, 0) is 0 Å². The summed E-state index contributed by atoms with van der Waals surface area (Å²) >= 11 is 1.76. The predicted octanol–water partition coefficient (Wildman–Crippen LogP) is 4.00. The minimum atomic E-state index is -0.509. The van der Waals surface area contributed by atoms with Crippen molar-refractivity contribution < 1.29 is 5.11 Å². The summed E-state index contributed by atoms with van der Waals surface area (Å²) in [7, 11) is 0. The monoisotopic (exact) mass is 293 g/mol. The third-order valence-electron chi connectivity index (χ3n) is 4.42. The lowest BCUT2D eigenvalue weighted by Gasteiger charge is -2.36. The number of aliphatic hydroxyl groups is 1. The summed E-state index contributed by atoms with van der Waals surface area (Å²) in [5, 5.41) is 14.2. The van der Waals surface area contributed by atoms with Crippen LogP contribution in [0.3, 0.4) is 0 Å². The molecule has 2 N–H and O–H groups in total. The van der Waals surface area contributed by atoms with E-state index >= 15 is 0 Å². The summed E-state index contributed by atoms with van der Waals surface area (Å²) in [6.45, 7) is 5.11. The van der Waals surface area contributed by atoms with Crippen molar-refractivity contribution in [2.75, 3.05) is 12.8 Å². The summed E-state index contributed by atoms with van der Waals surface area (Å²) in [4.78, 5) is 1.29. The first-order valence-corrected chi connectivity index (χ1v) is 8.84. The molecule has 20 heavy (non-hydrogen) atoms. The summed E-state index contributed by atoms with van der Waals surface area (Å²) in [5.41, 5.74) is 0.778. The van der Waals surface area contributed by atoms with E-state index in [0.29, 0.717) is 12.5 Å². The second-order valence-electron chi connectivity index (χ2n) is 6.30. The van der Waals surface area contributed by atoms with Crippen LogP contribution in [0.5, 0.6) is 0 Å². The Morgan fingerprint density at radius 1 is 1.40 bits per heavy atom. The van der Waals surface area contributed by atoms with Crippen molar-refractivity contribution in [2.24, 2.45) is 5.92 Å². The largest absolute Gasteiger partial charge is 0.389 e. The standard InChI is InChI=1S/C17H27NOS/c1-13-5-4-10-17(19,11-13)12-18-14(2)15-6-8-16(20-3)9-7-15/h6-9,13-14,18-19H,4-5,10-12H2,1-3H3. The van der Waals surface area contributed by atoms with Crippen molar-refractivity contribution in [1.29, 1.82) is 0 Å². The molecule has 1 fully saturated rings. The molecule has 0 radical (unpaired) electrons. The number of hydrogen-bond acceptors (Lipinski definition) is 3. The van der Waals surface area contributed by atoms with Gasteiger partial charge in [-0.05, 0) is 49.6 Å². The lowest BCUT2D eigenvalue weighted by Crippen LogP contribution is -2.44. The van der Waals surface area contributed by atoms with Crippen LogP contribution in [0.2, 0.25) is 0 Å². The Morgan fingerprint density at radius 2 is 2.10 bits per heavy atom. The molecule has 1 saturated carbocycles. The van der Waals surface area contributed by atoms with Gasteiger partial charge >= 0.3 is 0 Å². The van der Waals surface area contributed by atoms with Gasteiger partial charge in [-0.2, -0.15) is 0 Å². The van der Waals surface area contributed by atoms with E-state index in [-0.39, 0.29) is 6.04 Å². The van der Waals surface area contributed by atoms with E-state index in [1.165, 1.54) is 16.9 Å². The molecular weight excluding hydrogens is 266 g/mol. The number of rotatable bonds is 5. The van der Waals surface area contributed by atoms with Crippen LogP contribution < -0.4 is 5.32 Å². The molecule has 3 atom stereocenters. The maximum Gasteiger partial charge on any atom is 0.0774 e. The highest BCUT2D eigenvalue weighted by atomic mass is 32.2. The van der Waals surface area contributed by atoms with E-state index in [4.69, 9.17) is 0 Å². The highest BCUT2D eigenvalue weighted by molar-refractivity contribution is 7.98. The average molecular weight is 293 g/mol. The summed E-state index contributed by atoms with van der Waals surface area (Å²) in [6.07, 6.45) is 6.36. The lowest BCUT2D eigenvalue weighted by molar-refractivity contribution is -0.0134. The Bertz CT molecular complexity index is 420. The number of nitrogens with one attached hydrogen (secondary N) is 1. The van der Waals surface area contributed by atoms with E-state index < -0.39 is 5.60 Å². The SMILES string of the molecule is CSc1ccc(C(C)NCC2(O)CCCC(C)C2)cc1. The quantitative estimate of drug-likeness (QED) is 0.805. The maximum absolute atomic E-state index is 10.7. The normalized spacial score (nSPS) is 28.3. The Labute approximate surface area is 127 Å². The lowest BCUT2D eigenvalue weighted by atomic mass is 9.79. The zero-order chi connectivity index (χ0) is 14.6. The molecule has 0 heterocycles. The van der Waals surface area contributed by atoms with Crippen LogP contribution in [0.1, 0.15) is 51.1 Å². The number of hydrogen-bond donors (Lipinski definition) is 2. The van der Waals surface area contributed by atoms with E-state index in [0.717, 1.165) is 19.3 Å². The van der Waals surface area contributed by atoms with Crippen molar-refractivity contribution in [3.63, 3.8) is 0 Å². The maximum atomic E-state index is 10.7. The number of benzene rings is 1. The fraction of sp³-hybridized carbons (Fsp3) is 0.647. The molecule has 1 aromatic rings. The van der Waals surface area contributed by atoms with Crippen LogP contribution in [0, 0.1) is 5.92 Å². The molecule has 0 aliphatic heterocycles. The van der Waals surface area contributed by atoms with E-state index in [1.54, 1.807) is 11.8 Å². The molecule has 112 valence electrons. The minimum absolute atomic E-state index is 0.284. The van der Waals surface area contributed by atoms with Gasteiger partial charge in [-0.15, -0.1) is 11.8 Å². The predicted molar refractivity (Wildman–Crippen MR) is 87.2 cm³/mol. The minimum Gasteiger partial charge on any atom is -0.389 e. The zero-order valence-electron chi connectivity index (χ0n) is 12.9. The van der Waals surface area contributed by atoms with Gasteiger partial charge in [0, 0.05) is 17.5 Å². The van der Waals surface area contributed by atoms with Gasteiger partial charge in [-0.25, -0.2) is 0 Å². The van der Waals surface area contributed by atoms with Gasteiger partial charge in [-0.1, -0.05) is 31.9 Å². The average Bonchev–Trinajstić information content (AvgIpc) is 2.45. The fourth-order valence-corrected chi connectivity index (χ4v) is 3.55. The molecule has 3 heteroatoms. The van der Waals surface area contributed by atoms with Crippen LogP contribution in [-0.4, -0.2) is 23.5 Å². The van der Waals surface area contributed by atoms with Gasteiger partial charge in [0.25, 0.3) is 0 Å². The molecule has 0 spiro atoms. The van der Waals surface area contributed by atoms with Gasteiger partial charge < -0.3 is 10.4 Å². The van der Waals surface area contributed by atoms with Gasteiger partial charge in [0.1, 0.15) is 0 Å². The van der Waals surface area contributed by atoms with E-state index in [2.05, 4.69) is 49.7 Å². The van der Waals surface area contributed by atoms with Crippen LogP contribution >= 0.6 is 11.8 Å². The zero-order valence-corrected chi connectivity index (χ0v) is 13.7. The van der Waals surface area contributed by atoms with Crippen LogP contribution in [0.4, 0.5) is 0 Å². The van der Waals surface area contributed by atoms with Crippen LogP contribution in [0.25, 0.3) is 0 Å². The van der Waals surface area contributed by atoms with Crippen molar-refractivity contribution in [3.8, 4) is 0 Å². The molecule has 3 unspecified atom stereocenters. The Hall–Kier alpha value is -0.510. The van der Waals surface area contributed by atoms with Crippen molar-refractivity contribution >= 4 is 11.8 Å². The summed E-state index contributed by atoms with van der Waals surface area (Å²) < 4.78 is 0. The molecule has 2 nitrogen and oxygen atoms in total. The Balaban J connectivity index is 1.89. The third kappa shape index (κ3) is 4.24. The van der Waals surface area contributed by atoms with Crippen molar-refractivity contribution in [2.45, 2.75) is 56.1 Å². The number of thioether (sulfide) groups is 1. The molecular formula is C17H27NOS. The fourth-order valence-electron chi connectivity index (χ4n) is 3.15. The third-order valence-corrected chi connectivity index (χ3v) is 5.16. The molecule has 0 saturated heterocycles. The molecule has 1 aliphatic rings. The molecule has 0 aromatic heterocycles. The first-order chi connectivity index (χ1) is 9.52. The van der Waals surface area contributed by atoms with E-state index in [9.17, 15) is 5.11 Å². The van der Waals surface area contributed by atoms with Gasteiger partial charge in [-0.3, -0.25) is 0 Å². The Morgan fingerprint density at radius 3 is 2.70 bits per heavy atom. The molecule has 0 amide bonds. The van der Waals surface area contributed by atoms with Gasteiger partial charge in [0.2, 0.25) is 0 Å². The second-order valence-corrected chi connectivity index (χ2v) is 7.18. The molecule has 0 bridgehead atoms. The first kappa shape index (κ1) is 15.9. The molecule has 1 aliphatic carbocycles. The van der Waals surface area contributed by atoms with Gasteiger partial charge in [0.05, 0.1) is 5.60 Å². The first-order valence-electron chi connectivity index (χ1n) is 7.62. The smallest absolute Gasteiger partial charge is 0.0774 e. The van der Waals surface area contributed by atoms with Gasteiger partial charge in [0.15, 0.2) is 0 Å². The summed E-state index contributed by atoms with van der Waals surface area (Å²) in [5.74, 6) is 0.645. The van der Waals surface area contributed by atoms with Crippen molar-refractivity contribution in [1.82, 2.24) is 5.32 Å². The Kier molecular flexibility index (Phi) is 5.53. The van der Waals surface area contributed by atoms with Crippen LogP contribution in [0.15, 0.2) is 29.2 Å². The van der Waals surface area contributed by atoms with Crippen molar-refractivity contribution in [3.05, 3.63) is 29.8 Å². The molecule has 1 aromatic carbocycles. The highest BCUT2D eigenvalue weighted by Gasteiger charge is 2.32. The highest BCUT2D eigenvalue weighted by Crippen LogP contribution is 2.32. The summed E-state index contributed by atoms with van der Waals surface area (Å²) in [6, 6.07) is 8.96. The molecule has 2 rings (SSSR count). The second kappa shape index (κ2) is 6.97.